The molecule has 1 heterocycles. The Kier molecular flexibility index (Phi) is 5.14. The number of hydrogen-bond acceptors (Lipinski definition) is 4. The van der Waals surface area contributed by atoms with Crippen molar-refractivity contribution in [3.63, 3.8) is 0 Å². The molecule has 1 unspecified atom stereocenters. The molecule has 1 aliphatic rings. The van der Waals surface area contributed by atoms with Crippen molar-refractivity contribution < 1.29 is 8.42 Å². The van der Waals surface area contributed by atoms with Crippen LogP contribution in [-0.2, 0) is 9.84 Å². The van der Waals surface area contributed by atoms with Gasteiger partial charge in [0.1, 0.15) is 0 Å². The summed E-state index contributed by atoms with van der Waals surface area (Å²) in [7, 11) is -0.791. The standard InChI is InChI=1S/C12H24N2O2S2/c1-12(2,11(13)17)6-4-7-14(3)10-5-8-18(15,16)9-10/h10H,4-9H2,1-3H3,(H2,13,17). The van der Waals surface area contributed by atoms with E-state index in [0.717, 1.165) is 25.8 Å². The molecule has 6 heteroatoms. The van der Waals surface area contributed by atoms with Crippen molar-refractivity contribution >= 4 is 27.0 Å². The minimum Gasteiger partial charge on any atom is -0.393 e. The van der Waals surface area contributed by atoms with E-state index < -0.39 is 9.84 Å². The molecule has 0 aromatic rings. The predicted octanol–water partition coefficient (Wildman–Crippen LogP) is 1.20. The average molecular weight is 292 g/mol. The van der Waals surface area contributed by atoms with Gasteiger partial charge in [-0.05, 0) is 32.9 Å². The van der Waals surface area contributed by atoms with Crippen molar-refractivity contribution in [3.05, 3.63) is 0 Å². The monoisotopic (exact) mass is 292 g/mol. The Balaban J connectivity index is 2.35. The Hall–Kier alpha value is -0.200. The second-order valence-corrected chi connectivity index (χ2v) is 8.56. The van der Waals surface area contributed by atoms with Gasteiger partial charge in [-0.2, -0.15) is 0 Å². The van der Waals surface area contributed by atoms with E-state index in [2.05, 4.69) is 18.7 Å². The first-order valence-electron chi connectivity index (χ1n) is 6.35. The minimum absolute atomic E-state index is 0.113. The molecule has 1 fully saturated rings. The summed E-state index contributed by atoms with van der Waals surface area (Å²) in [6, 6.07) is 0.183. The van der Waals surface area contributed by atoms with Crippen LogP contribution in [0.2, 0.25) is 0 Å². The Morgan fingerprint density at radius 3 is 2.56 bits per heavy atom. The van der Waals surface area contributed by atoms with Gasteiger partial charge in [0, 0.05) is 11.5 Å². The van der Waals surface area contributed by atoms with Crippen molar-refractivity contribution in [2.45, 2.75) is 39.2 Å². The van der Waals surface area contributed by atoms with E-state index in [9.17, 15) is 8.42 Å². The number of thiocarbonyl (C=S) groups is 1. The fourth-order valence-electron chi connectivity index (χ4n) is 2.20. The number of rotatable bonds is 6. The van der Waals surface area contributed by atoms with E-state index in [1.807, 2.05) is 7.05 Å². The molecule has 0 amide bonds. The van der Waals surface area contributed by atoms with Gasteiger partial charge >= 0.3 is 0 Å². The number of nitrogens with zero attached hydrogens (tertiary/aromatic N) is 1. The molecule has 1 atom stereocenters. The molecule has 1 rings (SSSR count). The summed E-state index contributed by atoms with van der Waals surface area (Å²) in [5.41, 5.74) is 5.57. The molecule has 0 aromatic carbocycles. The molecular formula is C12H24N2O2S2. The summed E-state index contributed by atoms with van der Waals surface area (Å²) in [6.45, 7) is 5.00. The summed E-state index contributed by atoms with van der Waals surface area (Å²) in [4.78, 5) is 2.70. The lowest BCUT2D eigenvalue weighted by Gasteiger charge is -2.27. The molecule has 0 saturated carbocycles. The van der Waals surface area contributed by atoms with Crippen LogP contribution >= 0.6 is 12.2 Å². The second-order valence-electron chi connectivity index (χ2n) is 5.89. The molecule has 4 nitrogen and oxygen atoms in total. The molecule has 106 valence electrons. The van der Waals surface area contributed by atoms with Crippen molar-refractivity contribution in [3.8, 4) is 0 Å². The Labute approximate surface area is 116 Å². The van der Waals surface area contributed by atoms with Crippen molar-refractivity contribution in [2.24, 2.45) is 11.1 Å². The zero-order chi connectivity index (χ0) is 14.0. The molecule has 0 aromatic heterocycles. The van der Waals surface area contributed by atoms with Crippen LogP contribution in [0.15, 0.2) is 0 Å². The first-order chi connectivity index (χ1) is 8.14. The van der Waals surface area contributed by atoms with E-state index in [0.29, 0.717) is 16.5 Å². The quantitative estimate of drug-likeness (QED) is 0.745. The Bertz CT molecular complexity index is 404. The van der Waals surface area contributed by atoms with Gasteiger partial charge in [0.15, 0.2) is 9.84 Å². The van der Waals surface area contributed by atoms with E-state index in [1.54, 1.807) is 0 Å². The molecule has 18 heavy (non-hydrogen) atoms. The van der Waals surface area contributed by atoms with Crippen LogP contribution in [0, 0.1) is 5.41 Å². The van der Waals surface area contributed by atoms with Crippen molar-refractivity contribution in [1.82, 2.24) is 4.90 Å². The van der Waals surface area contributed by atoms with Crippen LogP contribution < -0.4 is 5.73 Å². The normalized spacial score (nSPS) is 23.4. The molecular weight excluding hydrogens is 268 g/mol. The lowest BCUT2D eigenvalue weighted by Crippen LogP contribution is -2.35. The predicted molar refractivity (Wildman–Crippen MR) is 79.5 cm³/mol. The van der Waals surface area contributed by atoms with Gasteiger partial charge in [-0.1, -0.05) is 26.1 Å². The topological polar surface area (TPSA) is 63.4 Å². The first-order valence-corrected chi connectivity index (χ1v) is 8.57. The maximum absolute atomic E-state index is 11.4. The third-order valence-corrected chi connectivity index (χ3v) is 6.11. The Morgan fingerprint density at radius 2 is 2.11 bits per heavy atom. The molecule has 0 aliphatic carbocycles. The summed E-state index contributed by atoms with van der Waals surface area (Å²) in [6.07, 6.45) is 2.68. The van der Waals surface area contributed by atoms with E-state index in [4.69, 9.17) is 18.0 Å². The largest absolute Gasteiger partial charge is 0.393 e. The highest BCUT2D eigenvalue weighted by Crippen LogP contribution is 2.23. The molecule has 1 aliphatic heterocycles. The van der Waals surface area contributed by atoms with Crippen LogP contribution in [0.5, 0.6) is 0 Å². The smallest absolute Gasteiger partial charge is 0.151 e. The van der Waals surface area contributed by atoms with Crippen LogP contribution in [-0.4, -0.2) is 49.4 Å². The summed E-state index contributed by atoms with van der Waals surface area (Å²) >= 11 is 5.03. The molecule has 1 saturated heterocycles. The lowest BCUT2D eigenvalue weighted by molar-refractivity contribution is 0.248. The fourth-order valence-corrected chi connectivity index (χ4v) is 4.11. The van der Waals surface area contributed by atoms with E-state index in [1.165, 1.54) is 0 Å². The van der Waals surface area contributed by atoms with Gasteiger partial charge in [0.05, 0.1) is 16.5 Å². The number of sulfone groups is 1. The van der Waals surface area contributed by atoms with Crippen LogP contribution in [0.25, 0.3) is 0 Å². The van der Waals surface area contributed by atoms with Crippen LogP contribution in [0.1, 0.15) is 33.1 Å². The molecule has 0 radical (unpaired) electrons. The summed E-state index contributed by atoms with van der Waals surface area (Å²) < 4.78 is 22.8. The molecule has 0 spiro atoms. The number of hydrogen-bond donors (Lipinski definition) is 1. The van der Waals surface area contributed by atoms with Crippen molar-refractivity contribution in [1.29, 1.82) is 0 Å². The maximum Gasteiger partial charge on any atom is 0.151 e. The summed E-state index contributed by atoms with van der Waals surface area (Å²) in [5, 5.41) is 0. The van der Waals surface area contributed by atoms with Crippen LogP contribution in [0.4, 0.5) is 0 Å². The third kappa shape index (κ3) is 4.48. The van der Waals surface area contributed by atoms with E-state index >= 15 is 0 Å². The highest BCUT2D eigenvalue weighted by Gasteiger charge is 2.30. The highest BCUT2D eigenvalue weighted by atomic mass is 32.2. The summed E-state index contributed by atoms with van der Waals surface area (Å²) in [5.74, 6) is 0.641. The zero-order valence-electron chi connectivity index (χ0n) is 11.5. The fraction of sp³-hybridized carbons (Fsp3) is 0.917. The van der Waals surface area contributed by atoms with Crippen molar-refractivity contribution in [2.75, 3.05) is 25.1 Å². The van der Waals surface area contributed by atoms with Gasteiger partial charge in [0.2, 0.25) is 0 Å². The number of nitrogens with two attached hydrogens (primary N) is 1. The van der Waals surface area contributed by atoms with Gasteiger partial charge < -0.3 is 10.6 Å². The highest BCUT2D eigenvalue weighted by molar-refractivity contribution is 7.91. The molecule has 2 N–H and O–H groups in total. The maximum atomic E-state index is 11.4. The minimum atomic E-state index is -2.79. The van der Waals surface area contributed by atoms with Gasteiger partial charge in [-0.3, -0.25) is 0 Å². The first kappa shape index (κ1) is 15.9. The Morgan fingerprint density at radius 1 is 1.50 bits per heavy atom. The third-order valence-electron chi connectivity index (χ3n) is 3.81. The SMILES string of the molecule is CN(CCCC(C)(C)C(N)=S)C1CCS(=O)(=O)C1. The van der Waals surface area contributed by atoms with Gasteiger partial charge in [0.25, 0.3) is 0 Å². The van der Waals surface area contributed by atoms with E-state index in [-0.39, 0.29) is 11.5 Å². The lowest BCUT2D eigenvalue weighted by atomic mass is 9.88. The van der Waals surface area contributed by atoms with Crippen LogP contribution in [0.3, 0.4) is 0 Å². The van der Waals surface area contributed by atoms with Gasteiger partial charge in [-0.15, -0.1) is 0 Å². The average Bonchev–Trinajstić information content (AvgIpc) is 2.58. The van der Waals surface area contributed by atoms with Gasteiger partial charge in [-0.25, -0.2) is 8.42 Å². The molecule has 0 bridgehead atoms. The second kappa shape index (κ2) is 5.84. The zero-order valence-corrected chi connectivity index (χ0v) is 13.1.